The van der Waals surface area contributed by atoms with Crippen LogP contribution in [0.15, 0.2) is 34.7 Å². The Kier molecular flexibility index (Phi) is 5.50. The minimum atomic E-state index is -0.265. The molecule has 0 aliphatic rings. The Morgan fingerprint density at radius 1 is 1.32 bits per heavy atom. The molecule has 2 aromatic rings. The van der Waals surface area contributed by atoms with E-state index in [4.69, 9.17) is 20.8 Å². The number of hydrogen-bond acceptors (Lipinski definition) is 3. The first kappa shape index (κ1) is 16.4. The summed E-state index contributed by atoms with van der Waals surface area (Å²) in [7, 11) is 0. The van der Waals surface area contributed by atoms with Gasteiger partial charge < -0.3 is 14.5 Å². The van der Waals surface area contributed by atoms with Crippen LogP contribution < -0.4 is 10.1 Å². The van der Waals surface area contributed by atoms with Crippen LogP contribution in [0.5, 0.6) is 5.75 Å². The van der Waals surface area contributed by atoms with Crippen LogP contribution in [-0.2, 0) is 5.88 Å². The van der Waals surface area contributed by atoms with E-state index in [-0.39, 0.29) is 17.8 Å². The number of aryl methyl sites for hydroxylation is 2. The van der Waals surface area contributed by atoms with Gasteiger partial charge in [0.15, 0.2) is 5.76 Å². The largest absolute Gasteiger partial charge is 0.489 e. The van der Waals surface area contributed by atoms with E-state index in [1.54, 1.807) is 13.0 Å². The molecule has 1 amide bonds. The molecule has 0 radical (unpaired) electrons. The Labute approximate surface area is 135 Å². The van der Waals surface area contributed by atoms with Crippen LogP contribution in [0.1, 0.15) is 34.4 Å². The zero-order valence-electron chi connectivity index (χ0n) is 13.0. The molecular weight excluding hydrogens is 302 g/mol. The SMILES string of the molecule is Cc1ccc(OC(C)CNC(=O)c2cc(CCl)c(C)o2)cc1. The van der Waals surface area contributed by atoms with Gasteiger partial charge in [-0.25, -0.2) is 0 Å². The first-order chi connectivity index (χ1) is 10.5. The molecule has 0 spiro atoms. The van der Waals surface area contributed by atoms with Crippen molar-refractivity contribution in [1.82, 2.24) is 5.32 Å². The molecule has 1 aromatic heterocycles. The summed E-state index contributed by atoms with van der Waals surface area (Å²) in [5, 5.41) is 2.79. The number of carbonyl (C=O) groups excluding carboxylic acids is 1. The molecule has 118 valence electrons. The quantitative estimate of drug-likeness (QED) is 0.823. The minimum absolute atomic E-state index is 0.143. The van der Waals surface area contributed by atoms with E-state index in [0.717, 1.165) is 11.3 Å². The van der Waals surface area contributed by atoms with Crippen molar-refractivity contribution in [1.29, 1.82) is 0 Å². The molecule has 0 saturated heterocycles. The highest BCUT2D eigenvalue weighted by Crippen LogP contribution is 2.17. The monoisotopic (exact) mass is 321 g/mol. The summed E-state index contributed by atoms with van der Waals surface area (Å²) in [4.78, 5) is 12.0. The van der Waals surface area contributed by atoms with Crippen LogP contribution in [0.3, 0.4) is 0 Å². The van der Waals surface area contributed by atoms with Gasteiger partial charge in [-0.15, -0.1) is 11.6 Å². The second kappa shape index (κ2) is 7.36. The molecule has 4 nitrogen and oxygen atoms in total. The Balaban J connectivity index is 1.85. The fourth-order valence-electron chi connectivity index (χ4n) is 1.98. The Morgan fingerprint density at radius 2 is 2.00 bits per heavy atom. The van der Waals surface area contributed by atoms with Crippen molar-refractivity contribution < 1.29 is 13.9 Å². The molecule has 0 aliphatic carbocycles. The predicted molar refractivity (Wildman–Crippen MR) is 86.6 cm³/mol. The van der Waals surface area contributed by atoms with E-state index >= 15 is 0 Å². The fraction of sp³-hybridized carbons (Fsp3) is 0.353. The summed E-state index contributed by atoms with van der Waals surface area (Å²) >= 11 is 5.77. The van der Waals surface area contributed by atoms with Crippen LogP contribution in [0.4, 0.5) is 0 Å². The topological polar surface area (TPSA) is 51.5 Å². The number of carbonyl (C=O) groups is 1. The maximum Gasteiger partial charge on any atom is 0.287 e. The lowest BCUT2D eigenvalue weighted by Gasteiger charge is -2.15. The normalized spacial score (nSPS) is 12.0. The number of rotatable bonds is 6. The van der Waals surface area contributed by atoms with Gasteiger partial charge in [-0.3, -0.25) is 4.79 Å². The van der Waals surface area contributed by atoms with Crippen LogP contribution >= 0.6 is 11.6 Å². The molecular formula is C17H20ClNO3. The molecule has 1 atom stereocenters. The van der Waals surface area contributed by atoms with Gasteiger partial charge in [-0.1, -0.05) is 17.7 Å². The zero-order valence-corrected chi connectivity index (χ0v) is 13.7. The molecule has 1 heterocycles. The van der Waals surface area contributed by atoms with Crippen molar-refractivity contribution in [2.24, 2.45) is 0 Å². The zero-order chi connectivity index (χ0) is 16.1. The van der Waals surface area contributed by atoms with E-state index in [1.807, 2.05) is 38.1 Å². The average molecular weight is 322 g/mol. The highest BCUT2D eigenvalue weighted by atomic mass is 35.5. The highest BCUT2D eigenvalue weighted by Gasteiger charge is 2.15. The van der Waals surface area contributed by atoms with E-state index in [2.05, 4.69) is 5.32 Å². The molecule has 1 unspecified atom stereocenters. The van der Waals surface area contributed by atoms with Crippen molar-refractivity contribution in [2.75, 3.05) is 6.54 Å². The molecule has 0 fully saturated rings. The average Bonchev–Trinajstić information content (AvgIpc) is 2.88. The summed E-state index contributed by atoms with van der Waals surface area (Å²) in [5.74, 6) is 1.79. The number of hydrogen-bond donors (Lipinski definition) is 1. The van der Waals surface area contributed by atoms with Crippen molar-refractivity contribution in [3.05, 3.63) is 53.0 Å². The second-order valence-electron chi connectivity index (χ2n) is 5.28. The molecule has 22 heavy (non-hydrogen) atoms. The number of halogens is 1. The maximum atomic E-state index is 12.0. The van der Waals surface area contributed by atoms with Gasteiger partial charge in [0.05, 0.1) is 12.4 Å². The molecule has 5 heteroatoms. The van der Waals surface area contributed by atoms with Crippen LogP contribution in [0.2, 0.25) is 0 Å². The van der Waals surface area contributed by atoms with E-state index in [9.17, 15) is 4.79 Å². The maximum absolute atomic E-state index is 12.0. The summed E-state index contributed by atoms with van der Waals surface area (Å²) in [5.41, 5.74) is 2.01. The first-order valence-electron chi connectivity index (χ1n) is 7.16. The standard InChI is InChI=1S/C17H20ClNO3/c1-11-4-6-15(7-5-11)21-12(2)10-19-17(20)16-8-14(9-18)13(3)22-16/h4-8,12H,9-10H2,1-3H3,(H,19,20). The molecule has 0 bridgehead atoms. The van der Waals surface area contributed by atoms with Gasteiger partial charge in [0.2, 0.25) is 0 Å². The van der Waals surface area contributed by atoms with E-state index in [0.29, 0.717) is 18.2 Å². The Morgan fingerprint density at radius 3 is 2.59 bits per heavy atom. The number of nitrogens with one attached hydrogen (secondary N) is 1. The molecule has 0 saturated carbocycles. The fourth-order valence-corrected chi connectivity index (χ4v) is 2.24. The number of amides is 1. The molecule has 1 aromatic carbocycles. The minimum Gasteiger partial charge on any atom is -0.489 e. The number of ether oxygens (including phenoxy) is 1. The number of benzene rings is 1. The third kappa shape index (κ3) is 4.28. The van der Waals surface area contributed by atoms with Crippen LogP contribution in [0, 0.1) is 13.8 Å². The Hall–Kier alpha value is -1.94. The summed E-state index contributed by atoms with van der Waals surface area (Å²) in [6.07, 6.45) is -0.143. The van der Waals surface area contributed by atoms with Gasteiger partial charge in [0.1, 0.15) is 17.6 Å². The summed E-state index contributed by atoms with van der Waals surface area (Å²) < 4.78 is 11.1. The predicted octanol–water partition coefficient (Wildman–Crippen LogP) is 3.83. The van der Waals surface area contributed by atoms with Gasteiger partial charge in [-0.05, 0) is 39.0 Å². The summed E-state index contributed by atoms with van der Waals surface area (Å²) in [6.45, 7) is 6.10. The van der Waals surface area contributed by atoms with Gasteiger partial charge in [0, 0.05) is 5.56 Å². The third-order valence-electron chi connectivity index (χ3n) is 3.30. The first-order valence-corrected chi connectivity index (χ1v) is 7.70. The molecule has 1 N–H and O–H groups in total. The Bertz CT molecular complexity index is 634. The highest BCUT2D eigenvalue weighted by molar-refractivity contribution is 6.17. The smallest absolute Gasteiger partial charge is 0.287 e. The van der Waals surface area contributed by atoms with Crippen molar-refractivity contribution >= 4 is 17.5 Å². The van der Waals surface area contributed by atoms with Crippen LogP contribution in [-0.4, -0.2) is 18.6 Å². The lowest BCUT2D eigenvalue weighted by atomic mass is 10.2. The van der Waals surface area contributed by atoms with E-state index in [1.165, 1.54) is 5.56 Å². The summed E-state index contributed by atoms with van der Waals surface area (Å²) in [6, 6.07) is 9.47. The lowest BCUT2D eigenvalue weighted by molar-refractivity contribution is 0.0903. The van der Waals surface area contributed by atoms with Crippen molar-refractivity contribution in [3.63, 3.8) is 0 Å². The van der Waals surface area contributed by atoms with Gasteiger partial charge in [-0.2, -0.15) is 0 Å². The van der Waals surface area contributed by atoms with E-state index < -0.39 is 0 Å². The van der Waals surface area contributed by atoms with Crippen molar-refractivity contribution in [3.8, 4) is 5.75 Å². The lowest BCUT2D eigenvalue weighted by Crippen LogP contribution is -2.33. The van der Waals surface area contributed by atoms with Gasteiger partial charge in [0.25, 0.3) is 5.91 Å². The number of alkyl halides is 1. The molecule has 2 rings (SSSR count). The van der Waals surface area contributed by atoms with Gasteiger partial charge >= 0.3 is 0 Å². The number of furan rings is 1. The third-order valence-corrected chi connectivity index (χ3v) is 3.58. The van der Waals surface area contributed by atoms with Crippen molar-refractivity contribution in [2.45, 2.75) is 32.8 Å². The van der Waals surface area contributed by atoms with Crippen LogP contribution in [0.25, 0.3) is 0 Å². The second-order valence-corrected chi connectivity index (χ2v) is 5.54. The molecule has 0 aliphatic heterocycles.